The average molecular weight is 388 g/mol. The summed E-state index contributed by atoms with van der Waals surface area (Å²) in [6.45, 7) is 0.590. The van der Waals surface area contributed by atoms with Crippen LogP contribution in [0, 0.1) is 0 Å². The maximum atomic E-state index is 5.98. The van der Waals surface area contributed by atoms with Crippen molar-refractivity contribution in [2.24, 2.45) is 0 Å². The Morgan fingerprint density at radius 3 is 2.43 bits per heavy atom. The standard InChI is InChI=1S/C22H18ClN5/c23-18-8-10-19(11-9-18)26-21-13-20(17-6-2-1-3-7-17)27-22(28-21)25-15-16-5-4-12-24-14-16/h1-14H,15H2,(H2,25,26,27,28). The third-order valence-electron chi connectivity index (χ3n) is 4.09. The number of aromatic nitrogens is 3. The van der Waals surface area contributed by atoms with Crippen molar-refractivity contribution in [2.45, 2.75) is 6.54 Å². The van der Waals surface area contributed by atoms with Gasteiger partial charge in [-0.15, -0.1) is 0 Å². The summed E-state index contributed by atoms with van der Waals surface area (Å²) in [7, 11) is 0. The van der Waals surface area contributed by atoms with Gasteiger partial charge in [0.25, 0.3) is 0 Å². The van der Waals surface area contributed by atoms with Crippen molar-refractivity contribution >= 4 is 29.1 Å². The van der Waals surface area contributed by atoms with E-state index in [0.29, 0.717) is 23.3 Å². The molecule has 4 rings (SSSR count). The molecule has 6 heteroatoms. The number of nitrogens with one attached hydrogen (secondary N) is 2. The summed E-state index contributed by atoms with van der Waals surface area (Å²) in [5.41, 5.74) is 3.82. The molecule has 0 aliphatic rings. The second-order valence-electron chi connectivity index (χ2n) is 6.17. The van der Waals surface area contributed by atoms with E-state index in [1.807, 2.05) is 79.0 Å². The number of benzene rings is 2. The number of nitrogens with zero attached hydrogens (tertiary/aromatic N) is 3. The minimum Gasteiger partial charge on any atom is -0.350 e. The van der Waals surface area contributed by atoms with Crippen molar-refractivity contribution in [1.29, 1.82) is 0 Å². The van der Waals surface area contributed by atoms with Crippen LogP contribution in [0.3, 0.4) is 0 Å². The minimum absolute atomic E-state index is 0.543. The Hall–Kier alpha value is -3.44. The Morgan fingerprint density at radius 2 is 1.68 bits per heavy atom. The van der Waals surface area contributed by atoms with Gasteiger partial charge in [-0.1, -0.05) is 48.0 Å². The molecule has 0 saturated heterocycles. The Labute approximate surface area is 168 Å². The summed E-state index contributed by atoms with van der Waals surface area (Å²) in [4.78, 5) is 13.4. The predicted octanol–water partition coefficient (Wildman–Crippen LogP) is 5.55. The van der Waals surface area contributed by atoms with E-state index >= 15 is 0 Å². The molecule has 0 bridgehead atoms. The van der Waals surface area contributed by atoms with Gasteiger partial charge in [0.2, 0.25) is 5.95 Å². The molecule has 0 aliphatic carbocycles. The smallest absolute Gasteiger partial charge is 0.225 e. The van der Waals surface area contributed by atoms with Crippen LogP contribution in [0.2, 0.25) is 5.02 Å². The summed E-state index contributed by atoms with van der Waals surface area (Å²) in [6, 6.07) is 23.4. The van der Waals surface area contributed by atoms with Crippen LogP contribution in [0.5, 0.6) is 0 Å². The molecule has 0 spiro atoms. The molecule has 0 unspecified atom stereocenters. The first-order valence-corrected chi connectivity index (χ1v) is 9.24. The second kappa shape index (κ2) is 8.50. The number of hydrogen-bond donors (Lipinski definition) is 2. The lowest BCUT2D eigenvalue weighted by atomic mass is 10.1. The van der Waals surface area contributed by atoms with Crippen molar-refractivity contribution in [1.82, 2.24) is 15.0 Å². The largest absolute Gasteiger partial charge is 0.350 e. The molecule has 0 radical (unpaired) electrons. The molecular formula is C22H18ClN5. The van der Waals surface area contributed by atoms with Crippen molar-refractivity contribution in [3.8, 4) is 11.3 Å². The number of rotatable bonds is 6. The van der Waals surface area contributed by atoms with E-state index in [9.17, 15) is 0 Å². The highest BCUT2D eigenvalue weighted by atomic mass is 35.5. The highest BCUT2D eigenvalue weighted by Gasteiger charge is 2.07. The van der Waals surface area contributed by atoms with Crippen LogP contribution in [0.4, 0.5) is 17.5 Å². The van der Waals surface area contributed by atoms with E-state index in [0.717, 1.165) is 22.5 Å². The van der Waals surface area contributed by atoms with Gasteiger partial charge in [0.15, 0.2) is 0 Å². The van der Waals surface area contributed by atoms with Crippen LogP contribution < -0.4 is 10.6 Å². The molecule has 2 heterocycles. The van der Waals surface area contributed by atoms with Gasteiger partial charge in [-0.2, -0.15) is 4.98 Å². The fourth-order valence-corrected chi connectivity index (χ4v) is 2.84. The molecule has 0 amide bonds. The van der Waals surface area contributed by atoms with Crippen LogP contribution in [-0.4, -0.2) is 15.0 Å². The first-order valence-electron chi connectivity index (χ1n) is 8.86. The average Bonchev–Trinajstić information content (AvgIpc) is 2.75. The third-order valence-corrected chi connectivity index (χ3v) is 4.34. The molecule has 2 aromatic carbocycles. The van der Waals surface area contributed by atoms with Crippen molar-refractivity contribution < 1.29 is 0 Å². The first kappa shape index (κ1) is 17.9. The molecule has 28 heavy (non-hydrogen) atoms. The predicted molar refractivity (Wildman–Crippen MR) is 114 cm³/mol. The number of pyridine rings is 1. The number of hydrogen-bond acceptors (Lipinski definition) is 5. The maximum Gasteiger partial charge on any atom is 0.225 e. The van der Waals surface area contributed by atoms with E-state index in [2.05, 4.69) is 25.6 Å². The summed E-state index contributed by atoms with van der Waals surface area (Å²) < 4.78 is 0. The molecule has 2 N–H and O–H groups in total. The Morgan fingerprint density at radius 1 is 0.857 bits per heavy atom. The third kappa shape index (κ3) is 4.64. The Bertz CT molecular complexity index is 1040. The van der Waals surface area contributed by atoms with Gasteiger partial charge in [0, 0.05) is 41.3 Å². The molecule has 2 aromatic heterocycles. The van der Waals surface area contributed by atoms with Crippen LogP contribution >= 0.6 is 11.6 Å². The van der Waals surface area contributed by atoms with Gasteiger partial charge in [0.05, 0.1) is 5.69 Å². The van der Waals surface area contributed by atoms with Crippen LogP contribution in [0.25, 0.3) is 11.3 Å². The number of halogens is 1. The monoisotopic (exact) mass is 387 g/mol. The van der Waals surface area contributed by atoms with E-state index in [-0.39, 0.29) is 0 Å². The summed E-state index contributed by atoms with van der Waals surface area (Å²) >= 11 is 5.98. The molecule has 5 nitrogen and oxygen atoms in total. The highest BCUT2D eigenvalue weighted by Crippen LogP contribution is 2.24. The highest BCUT2D eigenvalue weighted by molar-refractivity contribution is 6.30. The second-order valence-corrected chi connectivity index (χ2v) is 6.61. The molecule has 138 valence electrons. The lowest BCUT2D eigenvalue weighted by molar-refractivity contribution is 1.04. The summed E-state index contributed by atoms with van der Waals surface area (Å²) in [5, 5.41) is 7.29. The maximum absolute atomic E-state index is 5.98. The lowest BCUT2D eigenvalue weighted by Gasteiger charge is -2.12. The van der Waals surface area contributed by atoms with Gasteiger partial charge in [-0.25, -0.2) is 4.98 Å². The summed E-state index contributed by atoms with van der Waals surface area (Å²) in [5.74, 6) is 1.24. The fourth-order valence-electron chi connectivity index (χ4n) is 2.71. The zero-order valence-electron chi connectivity index (χ0n) is 15.0. The normalized spacial score (nSPS) is 10.5. The molecule has 0 saturated carbocycles. The summed E-state index contributed by atoms with van der Waals surface area (Å²) in [6.07, 6.45) is 3.57. The SMILES string of the molecule is Clc1ccc(Nc2cc(-c3ccccc3)nc(NCc3cccnc3)n2)cc1. The minimum atomic E-state index is 0.543. The Balaban J connectivity index is 1.63. The lowest BCUT2D eigenvalue weighted by Crippen LogP contribution is -2.06. The van der Waals surface area contributed by atoms with Gasteiger partial charge in [-0.3, -0.25) is 4.98 Å². The van der Waals surface area contributed by atoms with Crippen LogP contribution in [0.15, 0.2) is 85.2 Å². The molecular weight excluding hydrogens is 370 g/mol. The van der Waals surface area contributed by atoms with Crippen LogP contribution in [0.1, 0.15) is 5.56 Å². The molecule has 0 atom stereocenters. The van der Waals surface area contributed by atoms with Crippen molar-refractivity contribution in [2.75, 3.05) is 10.6 Å². The quantitative estimate of drug-likeness (QED) is 0.454. The van der Waals surface area contributed by atoms with Gasteiger partial charge in [0.1, 0.15) is 5.82 Å². The van der Waals surface area contributed by atoms with E-state index in [1.54, 1.807) is 6.20 Å². The molecule has 0 fully saturated rings. The topological polar surface area (TPSA) is 62.7 Å². The van der Waals surface area contributed by atoms with E-state index in [4.69, 9.17) is 11.6 Å². The van der Waals surface area contributed by atoms with Gasteiger partial charge in [-0.05, 0) is 35.9 Å². The zero-order chi connectivity index (χ0) is 19.2. The molecule has 0 aliphatic heterocycles. The van der Waals surface area contributed by atoms with E-state index in [1.165, 1.54) is 0 Å². The van der Waals surface area contributed by atoms with Gasteiger partial charge < -0.3 is 10.6 Å². The zero-order valence-corrected chi connectivity index (χ0v) is 15.8. The van der Waals surface area contributed by atoms with Crippen molar-refractivity contribution in [3.05, 3.63) is 95.8 Å². The first-order chi connectivity index (χ1) is 13.8. The van der Waals surface area contributed by atoms with Crippen molar-refractivity contribution in [3.63, 3.8) is 0 Å². The fraction of sp³-hybridized carbons (Fsp3) is 0.0455. The van der Waals surface area contributed by atoms with Crippen LogP contribution in [-0.2, 0) is 6.54 Å². The number of anilines is 3. The van der Waals surface area contributed by atoms with E-state index < -0.39 is 0 Å². The Kier molecular flexibility index (Phi) is 5.45. The molecule has 4 aromatic rings. The van der Waals surface area contributed by atoms with Gasteiger partial charge >= 0.3 is 0 Å².